The Morgan fingerprint density at radius 3 is 2.27 bits per heavy atom. The first kappa shape index (κ1) is 17.6. The normalized spacial score (nSPS) is 10.6. The van der Waals surface area contributed by atoms with Crippen LogP contribution in [-0.2, 0) is 0 Å². The van der Waals surface area contributed by atoms with Crippen LogP contribution in [0.3, 0.4) is 0 Å². The molecule has 1 aromatic heterocycles. The number of nitrogens with one attached hydrogen (secondary N) is 2. The van der Waals surface area contributed by atoms with Crippen molar-refractivity contribution in [1.82, 2.24) is 4.98 Å². The summed E-state index contributed by atoms with van der Waals surface area (Å²) >= 11 is 0. The monoisotopic (exact) mass is 349 g/mol. The van der Waals surface area contributed by atoms with E-state index in [4.69, 9.17) is 0 Å². The predicted molar refractivity (Wildman–Crippen MR) is 102 cm³/mol. The maximum atomic E-state index is 13.7. The van der Waals surface area contributed by atoms with Crippen molar-refractivity contribution in [1.29, 1.82) is 0 Å². The van der Waals surface area contributed by atoms with Crippen molar-refractivity contribution in [2.24, 2.45) is 0 Å². The van der Waals surface area contributed by atoms with Crippen molar-refractivity contribution >= 4 is 23.0 Å². The minimum absolute atomic E-state index is 0.289. The van der Waals surface area contributed by atoms with Gasteiger partial charge in [0.1, 0.15) is 11.5 Å². The van der Waals surface area contributed by atoms with Gasteiger partial charge in [-0.1, -0.05) is 38.1 Å². The first-order chi connectivity index (χ1) is 12.5. The summed E-state index contributed by atoms with van der Waals surface area (Å²) < 4.78 is 13.7. The number of rotatable bonds is 5. The zero-order valence-electron chi connectivity index (χ0n) is 14.7. The van der Waals surface area contributed by atoms with Crippen LogP contribution in [0.4, 0.5) is 21.5 Å². The van der Waals surface area contributed by atoms with Crippen LogP contribution < -0.4 is 10.6 Å². The first-order valence-corrected chi connectivity index (χ1v) is 8.42. The summed E-state index contributed by atoms with van der Waals surface area (Å²) in [5.74, 6) is -0.199. The van der Waals surface area contributed by atoms with Gasteiger partial charge in [0.05, 0.1) is 17.6 Å². The van der Waals surface area contributed by atoms with Gasteiger partial charge in [0.25, 0.3) is 5.91 Å². The van der Waals surface area contributed by atoms with E-state index >= 15 is 0 Å². The summed E-state index contributed by atoms with van der Waals surface area (Å²) in [6.07, 6.45) is 1.50. The second-order valence-electron chi connectivity index (χ2n) is 6.27. The van der Waals surface area contributed by atoms with E-state index in [1.54, 1.807) is 30.3 Å². The highest BCUT2D eigenvalue weighted by Crippen LogP contribution is 2.20. The minimum Gasteiger partial charge on any atom is -0.352 e. The molecule has 0 fully saturated rings. The molecule has 0 aliphatic rings. The largest absolute Gasteiger partial charge is 0.352 e. The minimum atomic E-state index is -0.348. The number of anilines is 3. The molecule has 0 aliphatic heterocycles. The van der Waals surface area contributed by atoms with Gasteiger partial charge in [-0.2, -0.15) is 0 Å². The zero-order valence-corrected chi connectivity index (χ0v) is 14.7. The Morgan fingerprint density at radius 1 is 0.962 bits per heavy atom. The van der Waals surface area contributed by atoms with E-state index in [2.05, 4.69) is 29.5 Å². The van der Waals surface area contributed by atoms with Gasteiger partial charge >= 0.3 is 0 Å². The van der Waals surface area contributed by atoms with Gasteiger partial charge < -0.3 is 10.6 Å². The number of pyridine rings is 1. The average Bonchev–Trinajstić information content (AvgIpc) is 2.64. The fourth-order valence-electron chi connectivity index (χ4n) is 2.47. The van der Waals surface area contributed by atoms with Crippen molar-refractivity contribution in [2.45, 2.75) is 19.8 Å². The standard InChI is InChI=1S/C21H20FN3O/c1-14(2)15-7-9-16(10-8-15)25-21(26)20-12-11-17(13-23-20)24-19-6-4-3-5-18(19)22/h3-14,24H,1-2H3,(H,25,26). The Labute approximate surface area is 152 Å². The Morgan fingerprint density at radius 2 is 1.65 bits per heavy atom. The zero-order chi connectivity index (χ0) is 18.5. The molecule has 0 spiro atoms. The quantitative estimate of drug-likeness (QED) is 0.654. The van der Waals surface area contributed by atoms with Crippen LogP contribution in [0.1, 0.15) is 35.8 Å². The highest BCUT2D eigenvalue weighted by molar-refractivity contribution is 6.02. The highest BCUT2D eigenvalue weighted by atomic mass is 19.1. The predicted octanol–water partition coefficient (Wildman–Crippen LogP) is 5.34. The van der Waals surface area contributed by atoms with Crippen molar-refractivity contribution in [3.8, 4) is 0 Å². The highest BCUT2D eigenvalue weighted by Gasteiger charge is 2.09. The van der Waals surface area contributed by atoms with Crippen LogP contribution in [0.5, 0.6) is 0 Å². The molecule has 2 aromatic carbocycles. The van der Waals surface area contributed by atoms with Crippen molar-refractivity contribution < 1.29 is 9.18 Å². The lowest BCUT2D eigenvalue weighted by atomic mass is 10.0. The number of nitrogens with zero attached hydrogens (tertiary/aromatic N) is 1. The van der Waals surface area contributed by atoms with Crippen LogP contribution in [0.2, 0.25) is 0 Å². The number of hydrogen-bond acceptors (Lipinski definition) is 3. The molecule has 4 nitrogen and oxygen atoms in total. The first-order valence-electron chi connectivity index (χ1n) is 8.42. The van der Waals surface area contributed by atoms with E-state index in [1.165, 1.54) is 17.8 Å². The second kappa shape index (κ2) is 7.78. The van der Waals surface area contributed by atoms with E-state index in [1.807, 2.05) is 24.3 Å². The summed E-state index contributed by atoms with van der Waals surface area (Å²) in [6.45, 7) is 4.24. The summed E-state index contributed by atoms with van der Waals surface area (Å²) in [5, 5.41) is 5.76. The van der Waals surface area contributed by atoms with Gasteiger partial charge in [0.15, 0.2) is 0 Å². The van der Waals surface area contributed by atoms with E-state index in [0.29, 0.717) is 17.3 Å². The molecule has 26 heavy (non-hydrogen) atoms. The van der Waals surface area contributed by atoms with E-state index in [-0.39, 0.29) is 17.4 Å². The molecule has 0 aliphatic carbocycles. The number of aromatic nitrogens is 1. The van der Waals surface area contributed by atoms with Gasteiger partial charge in [-0.05, 0) is 47.9 Å². The number of amides is 1. The molecular weight excluding hydrogens is 329 g/mol. The molecule has 3 rings (SSSR count). The third-order valence-corrected chi connectivity index (χ3v) is 3.98. The average molecular weight is 349 g/mol. The number of halogens is 1. The molecule has 3 aromatic rings. The van der Waals surface area contributed by atoms with Crippen LogP contribution in [0.15, 0.2) is 66.9 Å². The van der Waals surface area contributed by atoms with Gasteiger partial charge in [0, 0.05) is 5.69 Å². The molecule has 0 saturated heterocycles. The van der Waals surface area contributed by atoms with Crippen molar-refractivity contribution in [3.05, 3.63) is 83.9 Å². The smallest absolute Gasteiger partial charge is 0.274 e. The maximum absolute atomic E-state index is 13.7. The van der Waals surface area contributed by atoms with Crippen molar-refractivity contribution in [2.75, 3.05) is 10.6 Å². The van der Waals surface area contributed by atoms with Gasteiger partial charge in [-0.15, -0.1) is 0 Å². The lowest BCUT2D eigenvalue weighted by molar-refractivity contribution is 0.102. The van der Waals surface area contributed by atoms with Crippen LogP contribution in [-0.4, -0.2) is 10.9 Å². The van der Waals surface area contributed by atoms with Gasteiger partial charge in [0.2, 0.25) is 0 Å². The lowest BCUT2D eigenvalue weighted by Crippen LogP contribution is -2.13. The topological polar surface area (TPSA) is 54.0 Å². The molecule has 1 amide bonds. The third kappa shape index (κ3) is 4.25. The molecule has 0 unspecified atom stereocenters. The number of carbonyl (C=O) groups is 1. The molecule has 0 saturated carbocycles. The Hall–Kier alpha value is -3.21. The fourth-order valence-corrected chi connectivity index (χ4v) is 2.47. The summed E-state index contributed by atoms with van der Waals surface area (Å²) in [4.78, 5) is 16.5. The Kier molecular flexibility index (Phi) is 5.27. The van der Waals surface area contributed by atoms with Crippen LogP contribution >= 0.6 is 0 Å². The van der Waals surface area contributed by atoms with E-state index < -0.39 is 0 Å². The van der Waals surface area contributed by atoms with Crippen LogP contribution in [0.25, 0.3) is 0 Å². The molecule has 1 heterocycles. The molecule has 0 radical (unpaired) electrons. The number of para-hydroxylation sites is 1. The summed E-state index contributed by atoms with van der Waals surface area (Å²) in [6, 6.07) is 17.4. The molecule has 5 heteroatoms. The number of hydrogen-bond donors (Lipinski definition) is 2. The molecule has 0 bridgehead atoms. The van der Waals surface area contributed by atoms with Crippen molar-refractivity contribution in [3.63, 3.8) is 0 Å². The number of carbonyl (C=O) groups excluding carboxylic acids is 1. The fraction of sp³-hybridized carbons (Fsp3) is 0.143. The molecule has 0 atom stereocenters. The maximum Gasteiger partial charge on any atom is 0.274 e. The van der Waals surface area contributed by atoms with E-state index in [0.717, 1.165) is 5.69 Å². The molecule has 2 N–H and O–H groups in total. The van der Waals surface area contributed by atoms with Gasteiger partial charge in [-0.25, -0.2) is 9.37 Å². The SMILES string of the molecule is CC(C)c1ccc(NC(=O)c2ccc(Nc3ccccc3F)cn2)cc1. The molecule has 132 valence electrons. The Bertz CT molecular complexity index is 890. The summed E-state index contributed by atoms with van der Waals surface area (Å²) in [5.41, 5.74) is 3.18. The van der Waals surface area contributed by atoms with Gasteiger partial charge in [-0.3, -0.25) is 4.79 Å². The third-order valence-electron chi connectivity index (χ3n) is 3.98. The summed E-state index contributed by atoms with van der Waals surface area (Å²) in [7, 11) is 0. The lowest BCUT2D eigenvalue weighted by Gasteiger charge is -2.09. The Balaban J connectivity index is 1.66. The second-order valence-corrected chi connectivity index (χ2v) is 6.27. The number of benzene rings is 2. The van der Waals surface area contributed by atoms with Crippen LogP contribution in [0, 0.1) is 5.82 Å². The van der Waals surface area contributed by atoms with E-state index in [9.17, 15) is 9.18 Å². The molecular formula is C21H20FN3O.